The number of aromatic nitrogens is 3. The first kappa shape index (κ1) is 24.0. The number of pyridine rings is 1. The fourth-order valence-electron chi connectivity index (χ4n) is 3.00. The average molecular weight is 429 g/mol. The minimum Gasteiger partial charge on any atom is -0.389 e. The first-order valence-corrected chi connectivity index (χ1v) is 12.3. The maximum atomic E-state index is 4.47. The Hall–Kier alpha value is -2.25. The third-order valence-corrected chi connectivity index (χ3v) is 6.03. The molecular weight excluding hydrogens is 392 g/mol. The second kappa shape index (κ2) is 13.9. The fourth-order valence-corrected chi connectivity index (χ4v) is 3.97. The molecule has 0 aliphatic carbocycles. The van der Waals surface area contributed by atoms with Crippen molar-refractivity contribution in [2.75, 3.05) is 18.4 Å². The van der Waals surface area contributed by atoms with Crippen molar-refractivity contribution in [3.05, 3.63) is 48.6 Å². The average Bonchev–Trinajstić information content (AvgIpc) is 2.78. The first-order chi connectivity index (χ1) is 14.7. The van der Waals surface area contributed by atoms with Crippen LogP contribution in [0.1, 0.15) is 57.9 Å². The van der Waals surface area contributed by atoms with Crippen LogP contribution in [0.2, 0.25) is 0 Å². The molecule has 0 saturated heterocycles. The van der Waals surface area contributed by atoms with Crippen molar-refractivity contribution in [2.24, 2.45) is 0 Å². The second-order valence-corrected chi connectivity index (χ2v) is 8.54. The van der Waals surface area contributed by atoms with Crippen molar-refractivity contribution in [1.82, 2.24) is 25.0 Å². The molecule has 7 heteroatoms. The van der Waals surface area contributed by atoms with Crippen LogP contribution in [0.5, 0.6) is 0 Å². The number of allylic oxidation sites excluding steroid dienone is 1. The number of anilines is 2. The van der Waals surface area contributed by atoms with Crippen molar-refractivity contribution < 1.29 is 0 Å². The van der Waals surface area contributed by atoms with Gasteiger partial charge in [-0.1, -0.05) is 49.8 Å². The molecule has 2 aromatic heterocycles. The molecule has 3 aliphatic rings. The Morgan fingerprint density at radius 1 is 0.867 bits per heavy atom. The predicted octanol–water partition coefficient (Wildman–Crippen LogP) is 5.21. The largest absolute Gasteiger partial charge is 0.389 e. The van der Waals surface area contributed by atoms with E-state index in [1.54, 1.807) is 0 Å². The summed E-state index contributed by atoms with van der Waals surface area (Å²) >= 11 is 0. The second-order valence-electron chi connectivity index (χ2n) is 7.00. The van der Waals surface area contributed by atoms with E-state index < -0.39 is 0 Å². The Labute approximate surface area is 184 Å². The summed E-state index contributed by atoms with van der Waals surface area (Å²) in [7, 11) is -0.245. The molecule has 0 spiro atoms. The molecule has 0 saturated carbocycles. The van der Waals surface area contributed by atoms with Crippen LogP contribution in [0, 0.1) is 0 Å². The lowest BCUT2D eigenvalue weighted by atomic mass is 10.1. The highest BCUT2D eigenvalue weighted by Gasteiger charge is 2.03. The Kier molecular flexibility index (Phi) is 11.1. The highest BCUT2D eigenvalue weighted by molar-refractivity contribution is 8.12. The molecule has 1 unspecified atom stereocenters. The zero-order chi connectivity index (χ0) is 21.6. The first-order valence-electron chi connectivity index (χ1n) is 10.9. The summed E-state index contributed by atoms with van der Waals surface area (Å²) in [5.74, 6) is 5.52. The predicted molar refractivity (Wildman–Crippen MR) is 130 cm³/mol. The van der Waals surface area contributed by atoms with Gasteiger partial charge in [0.2, 0.25) is 5.95 Å². The third kappa shape index (κ3) is 8.63. The van der Waals surface area contributed by atoms with Crippen LogP contribution in [0.15, 0.2) is 47.9 Å². The van der Waals surface area contributed by atoms with Gasteiger partial charge in [0.25, 0.3) is 0 Å². The van der Waals surface area contributed by atoms with Gasteiger partial charge in [-0.2, -0.15) is 0 Å². The van der Waals surface area contributed by atoms with Gasteiger partial charge in [-0.15, -0.1) is 0 Å². The molecule has 3 aliphatic heterocycles. The third-order valence-electron chi connectivity index (χ3n) is 4.66. The zero-order valence-corrected chi connectivity index (χ0v) is 19.2. The van der Waals surface area contributed by atoms with Crippen LogP contribution < -0.4 is 15.4 Å². The molecular formula is C23H36N6S. The lowest BCUT2D eigenvalue weighted by molar-refractivity contribution is 0.605. The van der Waals surface area contributed by atoms with E-state index in [4.69, 9.17) is 0 Å². The molecule has 0 radical (unpaired) electrons. The van der Waals surface area contributed by atoms with Gasteiger partial charge in [0.1, 0.15) is 5.82 Å². The molecule has 5 heterocycles. The molecule has 6 nitrogen and oxygen atoms in total. The molecule has 0 aromatic carbocycles. The lowest BCUT2D eigenvalue weighted by Crippen LogP contribution is -2.14. The fraction of sp³-hybridized carbons (Fsp3) is 0.478. The Balaban J connectivity index is 0.00000155. The van der Waals surface area contributed by atoms with Crippen LogP contribution in [0.25, 0.3) is 0 Å². The van der Waals surface area contributed by atoms with Gasteiger partial charge in [-0.3, -0.25) is 4.72 Å². The van der Waals surface area contributed by atoms with Gasteiger partial charge in [-0.05, 0) is 49.8 Å². The van der Waals surface area contributed by atoms with Crippen molar-refractivity contribution in [3.8, 4) is 0 Å². The number of fused-ring (bicyclic) bond motifs is 2. The molecule has 2 aromatic rings. The quantitative estimate of drug-likeness (QED) is 0.501. The normalized spacial score (nSPS) is 18.7. The SMILES string of the molecule is C=C1CCCc2cnc(nc2)Nc2ccc(cn2)S(=C)NCCCCCCN1.CC. The van der Waals surface area contributed by atoms with Gasteiger partial charge in [0, 0.05) is 42.3 Å². The minimum atomic E-state index is -0.245. The van der Waals surface area contributed by atoms with E-state index in [1.165, 1.54) is 25.7 Å². The van der Waals surface area contributed by atoms with Gasteiger partial charge in [-0.25, -0.2) is 15.0 Å². The van der Waals surface area contributed by atoms with Gasteiger partial charge < -0.3 is 10.6 Å². The monoisotopic (exact) mass is 428 g/mol. The van der Waals surface area contributed by atoms with Crippen molar-refractivity contribution in [1.29, 1.82) is 0 Å². The molecule has 3 N–H and O–H groups in total. The topological polar surface area (TPSA) is 74.8 Å². The summed E-state index contributed by atoms with van der Waals surface area (Å²) < 4.78 is 3.50. The molecule has 5 rings (SSSR count). The van der Waals surface area contributed by atoms with E-state index in [1.807, 2.05) is 38.5 Å². The number of aryl methyl sites for hydroxylation is 1. The highest BCUT2D eigenvalue weighted by atomic mass is 32.2. The van der Waals surface area contributed by atoms with E-state index in [0.717, 1.165) is 54.3 Å². The standard InChI is InChI=1S/C21H30N6S.C2H6/c1-17-8-7-9-18-14-24-21(25-15-18)27-20-11-10-19(16-23-20)28(2)26-13-6-4-3-5-12-22-17;1-2/h10-11,14-16,22,26H,1-9,12-13H2,(H,23,24,25,27);1-2H3. The summed E-state index contributed by atoms with van der Waals surface area (Å²) in [5.41, 5.74) is 2.26. The van der Waals surface area contributed by atoms with Gasteiger partial charge in [0.05, 0.1) is 0 Å². The maximum Gasteiger partial charge on any atom is 0.228 e. The number of rotatable bonds is 0. The van der Waals surface area contributed by atoms with Gasteiger partial charge in [0.15, 0.2) is 0 Å². The lowest BCUT2D eigenvalue weighted by Gasteiger charge is -2.12. The van der Waals surface area contributed by atoms with E-state index >= 15 is 0 Å². The van der Waals surface area contributed by atoms with Crippen molar-refractivity contribution in [2.45, 2.75) is 63.7 Å². The summed E-state index contributed by atoms with van der Waals surface area (Å²) in [6.45, 7) is 10.1. The van der Waals surface area contributed by atoms with E-state index in [2.05, 4.69) is 48.8 Å². The molecule has 30 heavy (non-hydrogen) atoms. The molecule has 0 fully saturated rings. The van der Waals surface area contributed by atoms with E-state index in [-0.39, 0.29) is 10.7 Å². The molecule has 4 bridgehead atoms. The van der Waals surface area contributed by atoms with Crippen molar-refractivity contribution >= 4 is 28.3 Å². The Morgan fingerprint density at radius 3 is 2.30 bits per heavy atom. The summed E-state index contributed by atoms with van der Waals surface area (Å²) in [5, 5.41) is 6.60. The van der Waals surface area contributed by atoms with Crippen LogP contribution in [-0.2, 0) is 6.42 Å². The Bertz CT molecular complexity index is 773. The highest BCUT2D eigenvalue weighted by Crippen LogP contribution is 2.21. The van der Waals surface area contributed by atoms with Crippen LogP contribution in [-0.4, -0.2) is 33.9 Å². The maximum absolute atomic E-state index is 4.47. The minimum absolute atomic E-state index is 0.245. The van der Waals surface area contributed by atoms with E-state index in [0.29, 0.717) is 5.95 Å². The van der Waals surface area contributed by atoms with Crippen LogP contribution in [0.3, 0.4) is 0 Å². The van der Waals surface area contributed by atoms with Crippen LogP contribution in [0.4, 0.5) is 11.8 Å². The molecule has 0 amide bonds. The number of nitrogens with one attached hydrogen (secondary N) is 3. The van der Waals surface area contributed by atoms with Gasteiger partial charge >= 0.3 is 0 Å². The molecule has 164 valence electrons. The summed E-state index contributed by atoms with van der Waals surface area (Å²) in [6.07, 6.45) is 13.4. The zero-order valence-electron chi connectivity index (χ0n) is 18.4. The number of nitrogens with zero attached hydrogens (tertiary/aromatic N) is 3. The van der Waals surface area contributed by atoms with Crippen molar-refractivity contribution in [3.63, 3.8) is 0 Å². The number of hydrogen-bond acceptors (Lipinski definition) is 6. The molecule has 1 atom stereocenters. The number of hydrogen-bond donors (Lipinski definition) is 3. The summed E-state index contributed by atoms with van der Waals surface area (Å²) in [4.78, 5) is 14.4. The van der Waals surface area contributed by atoms with E-state index in [9.17, 15) is 0 Å². The van der Waals surface area contributed by atoms with Crippen LogP contribution >= 0.6 is 10.7 Å². The smallest absolute Gasteiger partial charge is 0.228 e. The Morgan fingerprint density at radius 2 is 1.60 bits per heavy atom. The summed E-state index contributed by atoms with van der Waals surface area (Å²) in [6, 6.07) is 4.00.